The van der Waals surface area contributed by atoms with Gasteiger partial charge in [0.2, 0.25) is 5.43 Å². The van der Waals surface area contributed by atoms with Gasteiger partial charge in [0.1, 0.15) is 22.9 Å². The lowest BCUT2D eigenvalue weighted by Gasteiger charge is -2.14. The molecule has 3 heterocycles. The van der Waals surface area contributed by atoms with E-state index >= 15 is 4.39 Å². The Morgan fingerprint density at radius 2 is 1.85 bits per heavy atom. The molecule has 2 aromatic heterocycles. The number of rotatable bonds is 5. The molecule has 1 aliphatic rings. The molecular weight excluding hydrogens is 442 g/mol. The highest BCUT2D eigenvalue weighted by atomic mass is 19.1. The smallest absolute Gasteiger partial charge is 0.254 e. The predicted molar refractivity (Wildman–Crippen MR) is 122 cm³/mol. The Labute approximate surface area is 192 Å². The Morgan fingerprint density at radius 3 is 2.59 bits per heavy atom. The number of nitrogens with zero attached hydrogens (tertiary/aromatic N) is 2. The summed E-state index contributed by atoms with van der Waals surface area (Å²) in [6.45, 7) is 0.731. The van der Waals surface area contributed by atoms with Crippen LogP contribution in [0.1, 0.15) is 15.9 Å². The number of aromatic nitrogens is 2. The lowest BCUT2D eigenvalue weighted by molar-refractivity contribution is 0.0998. The second kappa shape index (κ2) is 8.43. The van der Waals surface area contributed by atoms with Gasteiger partial charge in [0, 0.05) is 48.0 Å². The molecule has 0 saturated heterocycles. The lowest BCUT2D eigenvalue weighted by atomic mass is 10.0. The van der Waals surface area contributed by atoms with E-state index in [1.807, 2.05) is 0 Å². The van der Waals surface area contributed by atoms with Crippen LogP contribution in [-0.4, -0.2) is 22.0 Å². The Morgan fingerprint density at radius 1 is 1.06 bits per heavy atom. The zero-order valence-corrected chi connectivity index (χ0v) is 17.7. The van der Waals surface area contributed by atoms with E-state index in [4.69, 9.17) is 10.5 Å². The number of halogens is 2. The van der Waals surface area contributed by atoms with E-state index in [1.165, 1.54) is 53.4 Å². The zero-order chi connectivity index (χ0) is 23.8. The summed E-state index contributed by atoms with van der Waals surface area (Å²) in [6.07, 6.45) is 4.99. The van der Waals surface area contributed by atoms with Crippen molar-refractivity contribution >= 4 is 11.7 Å². The molecule has 0 aliphatic carbocycles. The van der Waals surface area contributed by atoms with Crippen molar-refractivity contribution in [2.75, 3.05) is 11.9 Å². The number of ether oxygens (including phenoxy) is 1. The summed E-state index contributed by atoms with van der Waals surface area (Å²) in [4.78, 5) is 28.9. The number of benzene rings is 2. The molecule has 7 nitrogen and oxygen atoms in total. The van der Waals surface area contributed by atoms with Crippen LogP contribution in [0.5, 0.6) is 11.5 Å². The van der Waals surface area contributed by atoms with Gasteiger partial charge >= 0.3 is 0 Å². The predicted octanol–water partition coefficient (Wildman–Crippen LogP) is 4.04. The van der Waals surface area contributed by atoms with Crippen molar-refractivity contribution in [2.45, 2.75) is 6.42 Å². The molecular formula is C25H18F2N4O3. The fourth-order valence-corrected chi connectivity index (χ4v) is 3.86. The van der Waals surface area contributed by atoms with E-state index in [2.05, 4.69) is 10.3 Å². The lowest BCUT2D eigenvalue weighted by Crippen LogP contribution is -2.24. The fraction of sp³-hybridized carbons (Fsp3) is 0.0800. The molecule has 0 radical (unpaired) electrons. The van der Waals surface area contributed by atoms with Gasteiger partial charge in [0.25, 0.3) is 5.91 Å². The number of hydrogen-bond donors (Lipinski definition) is 2. The first-order valence-corrected chi connectivity index (χ1v) is 10.4. The highest BCUT2D eigenvalue weighted by Crippen LogP contribution is 2.34. The molecule has 3 N–H and O–H groups in total. The van der Waals surface area contributed by atoms with Gasteiger partial charge in [0.05, 0.1) is 0 Å². The average molecular weight is 460 g/mol. The number of nitrogens with one attached hydrogen (secondary N) is 1. The molecule has 4 aromatic rings. The summed E-state index contributed by atoms with van der Waals surface area (Å²) in [5, 5.41) is 3.14. The number of pyridine rings is 2. The van der Waals surface area contributed by atoms with Gasteiger partial charge < -0.3 is 20.4 Å². The summed E-state index contributed by atoms with van der Waals surface area (Å²) >= 11 is 0. The minimum Gasteiger partial charge on any atom is -0.454 e. The van der Waals surface area contributed by atoms with Gasteiger partial charge in [-0.2, -0.15) is 0 Å². The monoisotopic (exact) mass is 460 g/mol. The standard InChI is InChI=1S/C25H18F2N4O3/c26-15-3-1-14(2-4-15)18-12-31(13-19(23(18)32)24(28)33)16-5-6-22(20(27)11-16)34-21-8-10-30-25-17(21)7-9-29-25/h1-6,8,10-13H,7,9H2,(H2,28,33)(H,29,30). The van der Waals surface area contributed by atoms with E-state index in [0.717, 1.165) is 24.3 Å². The fourth-order valence-electron chi connectivity index (χ4n) is 3.86. The third-order valence-electron chi connectivity index (χ3n) is 5.56. The summed E-state index contributed by atoms with van der Waals surface area (Å²) in [5.41, 5.74) is 6.25. The van der Waals surface area contributed by atoms with Crippen LogP contribution >= 0.6 is 0 Å². The zero-order valence-electron chi connectivity index (χ0n) is 17.7. The number of carbonyl (C=O) groups is 1. The van der Waals surface area contributed by atoms with Crippen LogP contribution in [0.15, 0.2) is 71.9 Å². The molecule has 5 rings (SSSR count). The molecule has 34 heavy (non-hydrogen) atoms. The van der Waals surface area contributed by atoms with Crippen molar-refractivity contribution < 1.29 is 18.3 Å². The summed E-state index contributed by atoms with van der Waals surface area (Å²) in [7, 11) is 0. The van der Waals surface area contributed by atoms with Crippen LogP contribution in [0.2, 0.25) is 0 Å². The normalized spacial score (nSPS) is 12.2. The molecule has 2 aromatic carbocycles. The van der Waals surface area contributed by atoms with Gasteiger partial charge in [-0.3, -0.25) is 9.59 Å². The van der Waals surface area contributed by atoms with Crippen molar-refractivity contribution in [1.29, 1.82) is 0 Å². The molecule has 9 heteroatoms. The van der Waals surface area contributed by atoms with Crippen LogP contribution in [0.4, 0.5) is 14.6 Å². The number of anilines is 1. The maximum atomic E-state index is 15.0. The van der Waals surface area contributed by atoms with Gasteiger partial charge in [-0.1, -0.05) is 12.1 Å². The topological polar surface area (TPSA) is 99.2 Å². The molecule has 0 saturated carbocycles. The van der Waals surface area contributed by atoms with Crippen molar-refractivity contribution in [3.63, 3.8) is 0 Å². The first-order chi connectivity index (χ1) is 16.4. The Hall–Kier alpha value is -4.53. The van der Waals surface area contributed by atoms with Crippen LogP contribution < -0.4 is 21.2 Å². The van der Waals surface area contributed by atoms with Gasteiger partial charge in [-0.05, 0) is 42.3 Å². The molecule has 0 fully saturated rings. The first kappa shape index (κ1) is 21.3. The molecule has 0 spiro atoms. The average Bonchev–Trinajstić information content (AvgIpc) is 3.31. The number of carbonyl (C=O) groups excluding carboxylic acids is 1. The van der Waals surface area contributed by atoms with E-state index in [0.29, 0.717) is 17.0 Å². The maximum absolute atomic E-state index is 15.0. The van der Waals surface area contributed by atoms with Crippen LogP contribution in [0.3, 0.4) is 0 Å². The second-order valence-corrected chi connectivity index (χ2v) is 7.72. The van der Waals surface area contributed by atoms with Crippen molar-refractivity contribution in [1.82, 2.24) is 9.55 Å². The number of hydrogen-bond acceptors (Lipinski definition) is 5. The van der Waals surface area contributed by atoms with E-state index in [9.17, 15) is 14.0 Å². The third kappa shape index (κ3) is 3.88. The van der Waals surface area contributed by atoms with E-state index < -0.39 is 23.0 Å². The SMILES string of the molecule is NC(=O)c1cn(-c2ccc(Oc3ccnc4c3CCN4)c(F)c2)cc(-c2ccc(F)cc2)c1=O. The van der Waals surface area contributed by atoms with Crippen molar-refractivity contribution in [2.24, 2.45) is 5.73 Å². The first-order valence-electron chi connectivity index (χ1n) is 10.4. The van der Waals surface area contributed by atoms with Gasteiger partial charge in [-0.25, -0.2) is 13.8 Å². The number of primary amides is 1. The Kier molecular flexibility index (Phi) is 5.29. The minimum atomic E-state index is -0.928. The molecule has 1 aliphatic heterocycles. The van der Waals surface area contributed by atoms with Crippen LogP contribution in [0.25, 0.3) is 16.8 Å². The second-order valence-electron chi connectivity index (χ2n) is 7.72. The Bertz CT molecular complexity index is 1480. The number of nitrogens with two attached hydrogens (primary N) is 1. The molecule has 170 valence electrons. The Balaban J connectivity index is 1.54. The molecule has 0 bridgehead atoms. The summed E-state index contributed by atoms with van der Waals surface area (Å²) in [5.74, 6) is -0.794. The van der Waals surface area contributed by atoms with Crippen LogP contribution in [0, 0.1) is 11.6 Å². The maximum Gasteiger partial charge on any atom is 0.254 e. The quantitative estimate of drug-likeness (QED) is 0.468. The number of fused-ring (bicyclic) bond motifs is 1. The molecule has 0 unspecified atom stereocenters. The van der Waals surface area contributed by atoms with Crippen molar-refractivity contribution in [3.8, 4) is 28.3 Å². The largest absolute Gasteiger partial charge is 0.454 e. The highest BCUT2D eigenvalue weighted by molar-refractivity contribution is 5.93. The van der Waals surface area contributed by atoms with Gasteiger partial charge in [-0.15, -0.1) is 0 Å². The summed E-state index contributed by atoms with van der Waals surface area (Å²) in [6, 6.07) is 11.2. The molecule has 1 amide bonds. The van der Waals surface area contributed by atoms with E-state index in [-0.39, 0.29) is 16.9 Å². The van der Waals surface area contributed by atoms with Gasteiger partial charge in [0.15, 0.2) is 11.6 Å². The van der Waals surface area contributed by atoms with Crippen molar-refractivity contribution in [3.05, 3.63) is 100 Å². The highest BCUT2D eigenvalue weighted by Gasteiger charge is 2.19. The van der Waals surface area contributed by atoms with E-state index in [1.54, 1.807) is 18.3 Å². The molecule has 0 atom stereocenters. The third-order valence-corrected chi connectivity index (χ3v) is 5.56. The minimum absolute atomic E-state index is 0.0129. The number of amides is 1. The summed E-state index contributed by atoms with van der Waals surface area (Å²) < 4.78 is 35.6. The van der Waals surface area contributed by atoms with Crippen LogP contribution in [-0.2, 0) is 6.42 Å².